The molecule has 0 aliphatic carbocycles. The molecular weight excluding hydrogens is 226 g/mol. The first-order chi connectivity index (χ1) is 8.59. The molecule has 1 aromatic rings. The van der Waals surface area contributed by atoms with Gasteiger partial charge in [0.05, 0.1) is 5.56 Å². The lowest BCUT2D eigenvalue weighted by atomic mass is 10.0. The molecule has 1 N–H and O–H groups in total. The summed E-state index contributed by atoms with van der Waals surface area (Å²) >= 11 is 0. The fraction of sp³-hybridized carbons (Fsp3) is 0.533. The minimum Gasteiger partial charge on any atom is -0.478 e. The molecule has 0 amide bonds. The molecule has 18 heavy (non-hydrogen) atoms. The second-order valence-electron chi connectivity index (χ2n) is 5.14. The topological polar surface area (TPSA) is 40.5 Å². The molecule has 1 aliphatic heterocycles. The molecule has 1 saturated heterocycles. The summed E-state index contributed by atoms with van der Waals surface area (Å²) in [4.78, 5) is 13.6. The lowest BCUT2D eigenvalue weighted by molar-refractivity contribution is 0.0696. The number of aromatic carboxylic acids is 1. The molecule has 1 aliphatic rings. The zero-order chi connectivity index (χ0) is 13.1. The van der Waals surface area contributed by atoms with E-state index in [4.69, 9.17) is 0 Å². The van der Waals surface area contributed by atoms with Gasteiger partial charge in [-0.2, -0.15) is 0 Å². The van der Waals surface area contributed by atoms with E-state index in [0.717, 1.165) is 29.9 Å². The zero-order valence-electron chi connectivity index (χ0n) is 11.2. The Morgan fingerprint density at radius 3 is 2.28 bits per heavy atom. The van der Waals surface area contributed by atoms with Gasteiger partial charge in [-0.25, -0.2) is 4.79 Å². The van der Waals surface area contributed by atoms with Crippen molar-refractivity contribution in [3.8, 4) is 0 Å². The van der Waals surface area contributed by atoms with E-state index in [-0.39, 0.29) is 0 Å². The first-order valence-corrected chi connectivity index (χ1v) is 6.69. The minimum absolute atomic E-state index is 0.439. The normalized spacial score (nSPS) is 16.4. The summed E-state index contributed by atoms with van der Waals surface area (Å²) in [5, 5.41) is 9.25. The van der Waals surface area contributed by atoms with E-state index < -0.39 is 5.97 Å². The monoisotopic (exact) mass is 247 g/mol. The SMILES string of the molecule is Cc1cc(N2CCCCCC2)cc(C(=O)O)c1C. The molecule has 1 fully saturated rings. The molecule has 0 unspecified atom stereocenters. The van der Waals surface area contributed by atoms with Crippen molar-refractivity contribution in [2.24, 2.45) is 0 Å². The average molecular weight is 247 g/mol. The van der Waals surface area contributed by atoms with Crippen LogP contribution in [0.5, 0.6) is 0 Å². The molecule has 0 aromatic heterocycles. The van der Waals surface area contributed by atoms with Crippen LogP contribution in [0.15, 0.2) is 12.1 Å². The predicted molar refractivity (Wildman–Crippen MR) is 73.6 cm³/mol. The second-order valence-corrected chi connectivity index (χ2v) is 5.14. The van der Waals surface area contributed by atoms with Gasteiger partial charge in [0.2, 0.25) is 0 Å². The summed E-state index contributed by atoms with van der Waals surface area (Å²) in [5.74, 6) is -0.827. The van der Waals surface area contributed by atoms with Crippen LogP contribution in [-0.2, 0) is 0 Å². The summed E-state index contributed by atoms with van der Waals surface area (Å²) in [5.41, 5.74) is 3.45. The lowest BCUT2D eigenvalue weighted by Gasteiger charge is -2.24. The summed E-state index contributed by atoms with van der Waals surface area (Å²) < 4.78 is 0. The molecule has 0 atom stereocenters. The molecule has 0 saturated carbocycles. The molecule has 3 heteroatoms. The van der Waals surface area contributed by atoms with E-state index in [1.807, 2.05) is 19.9 Å². The number of anilines is 1. The van der Waals surface area contributed by atoms with Gasteiger partial charge in [-0.3, -0.25) is 0 Å². The molecule has 0 bridgehead atoms. The number of nitrogens with zero attached hydrogens (tertiary/aromatic N) is 1. The quantitative estimate of drug-likeness (QED) is 0.871. The maximum atomic E-state index is 11.3. The number of carbonyl (C=O) groups is 1. The fourth-order valence-electron chi connectivity index (χ4n) is 2.57. The largest absolute Gasteiger partial charge is 0.478 e. The number of rotatable bonds is 2. The van der Waals surface area contributed by atoms with Crippen LogP contribution in [0.4, 0.5) is 5.69 Å². The Hall–Kier alpha value is -1.51. The molecule has 1 aromatic carbocycles. The van der Waals surface area contributed by atoms with Crippen molar-refractivity contribution in [2.45, 2.75) is 39.5 Å². The van der Waals surface area contributed by atoms with Crippen molar-refractivity contribution in [1.29, 1.82) is 0 Å². The van der Waals surface area contributed by atoms with Crippen molar-refractivity contribution in [2.75, 3.05) is 18.0 Å². The van der Waals surface area contributed by atoms with Crippen LogP contribution in [0.2, 0.25) is 0 Å². The Labute approximate surface area is 108 Å². The third kappa shape index (κ3) is 2.66. The van der Waals surface area contributed by atoms with E-state index in [1.54, 1.807) is 0 Å². The van der Waals surface area contributed by atoms with Crippen molar-refractivity contribution in [3.05, 3.63) is 28.8 Å². The highest BCUT2D eigenvalue weighted by Crippen LogP contribution is 2.25. The van der Waals surface area contributed by atoms with Crippen LogP contribution in [0.1, 0.15) is 47.2 Å². The summed E-state index contributed by atoms with van der Waals surface area (Å²) in [7, 11) is 0. The molecule has 3 nitrogen and oxygen atoms in total. The predicted octanol–water partition coefficient (Wildman–Crippen LogP) is 3.38. The van der Waals surface area contributed by atoms with Gasteiger partial charge in [0.15, 0.2) is 0 Å². The molecule has 2 rings (SSSR count). The van der Waals surface area contributed by atoms with Gasteiger partial charge >= 0.3 is 5.97 Å². The van der Waals surface area contributed by atoms with Crippen LogP contribution < -0.4 is 4.90 Å². The number of carboxylic acid groups (broad SMARTS) is 1. The van der Waals surface area contributed by atoms with Gasteiger partial charge < -0.3 is 10.0 Å². The van der Waals surface area contributed by atoms with E-state index in [9.17, 15) is 9.90 Å². The summed E-state index contributed by atoms with van der Waals surface area (Å²) in [6.45, 7) is 5.96. The minimum atomic E-state index is -0.827. The molecule has 0 radical (unpaired) electrons. The molecule has 1 heterocycles. The van der Waals surface area contributed by atoms with E-state index in [2.05, 4.69) is 11.0 Å². The lowest BCUT2D eigenvalue weighted by Crippen LogP contribution is -2.24. The van der Waals surface area contributed by atoms with Gasteiger partial charge in [0.25, 0.3) is 0 Å². The zero-order valence-corrected chi connectivity index (χ0v) is 11.2. The van der Waals surface area contributed by atoms with Crippen molar-refractivity contribution >= 4 is 11.7 Å². The standard InChI is InChI=1S/C15H21NO2/c1-11-9-13(10-14(12(11)2)15(17)18)16-7-5-3-4-6-8-16/h9-10H,3-8H2,1-2H3,(H,17,18). The van der Waals surface area contributed by atoms with Crippen molar-refractivity contribution in [1.82, 2.24) is 0 Å². The Kier molecular flexibility index (Phi) is 3.90. The van der Waals surface area contributed by atoms with E-state index >= 15 is 0 Å². The Balaban J connectivity index is 2.35. The number of benzene rings is 1. The second kappa shape index (κ2) is 5.42. The first-order valence-electron chi connectivity index (χ1n) is 6.69. The maximum Gasteiger partial charge on any atom is 0.336 e. The van der Waals surface area contributed by atoms with Crippen molar-refractivity contribution in [3.63, 3.8) is 0 Å². The molecule has 98 valence electrons. The Bertz CT molecular complexity index is 446. The number of aryl methyl sites for hydroxylation is 1. The summed E-state index contributed by atoms with van der Waals surface area (Å²) in [6, 6.07) is 3.95. The Morgan fingerprint density at radius 1 is 1.11 bits per heavy atom. The van der Waals surface area contributed by atoms with Crippen LogP contribution in [-0.4, -0.2) is 24.2 Å². The van der Waals surface area contributed by atoms with Gasteiger partial charge in [-0.1, -0.05) is 12.8 Å². The maximum absolute atomic E-state index is 11.3. The summed E-state index contributed by atoms with van der Waals surface area (Å²) in [6.07, 6.45) is 4.98. The average Bonchev–Trinajstić information content (AvgIpc) is 2.60. The van der Waals surface area contributed by atoms with Crippen LogP contribution in [0, 0.1) is 13.8 Å². The smallest absolute Gasteiger partial charge is 0.336 e. The number of carboxylic acids is 1. The van der Waals surface area contributed by atoms with Crippen molar-refractivity contribution < 1.29 is 9.90 Å². The number of hydrogen-bond acceptors (Lipinski definition) is 2. The molecular formula is C15H21NO2. The van der Waals surface area contributed by atoms with Gasteiger partial charge in [0, 0.05) is 18.8 Å². The highest BCUT2D eigenvalue weighted by molar-refractivity contribution is 5.91. The number of hydrogen-bond donors (Lipinski definition) is 1. The van der Waals surface area contributed by atoms with Gasteiger partial charge in [-0.15, -0.1) is 0 Å². The highest BCUT2D eigenvalue weighted by atomic mass is 16.4. The van der Waals surface area contributed by atoms with Gasteiger partial charge in [-0.05, 0) is 49.9 Å². The molecule has 0 spiro atoms. The highest BCUT2D eigenvalue weighted by Gasteiger charge is 2.15. The van der Waals surface area contributed by atoms with Crippen LogP contribution >= 0.6 is 0 Å². The van der Waals surface area contributed by atoms with E-state index in [0.29, 0.717) is 5.56 Å². The third-order valence-electron chi connectivity index (χ3n) is 3.85. The first kappa shape index (κ1) is 12.9. The van der Waals surface area contributed by atoms with Gasteiger partial charge in [0.1, 0.15) is 0 Å². The Morgan fingerprint density at radius 2 is 1.72 bits per heavy atom. The third-order valence-corrected chi connectivity index (χ3v) is 3.85. The van der Waals surface area contributed by atoms with E-state index in [1.165, 1.54) is 25.7 Å². The van der Waals surface area contributed by atoms with Crippen LogP contribution in [0.3, 0.4) is 0 Å². The van der Waals surface area contributed by atoms with Crippen LogP contribution in [0.25, 0.3) is 0 Å². The fourth-order valence-corrected chi connectivity index (χ4v) is 2.57.